The average molecular weight is 598 g/mol. The third-order valence-electron chi connectivity index (χ3n) is 9.39. The number of hydrogen-bond donors (Lipinski definition) is 1. The van der Waals surface area contributed by atoms with Gasteiger partial charge in [-0.3, -0.25) is 13.6 Å². The average Bonchev–Trinajstić information content (AvgIpc) is 3.39. The van der Waals surface area contributed by atoms with Gasteiger partial charge in [0.2, 0.25) is 0 Å². The first-order valence-electron chi connectivity index (χ1n) is 15.3. The van der Waals surface area contributed by atoms with E-state index in [1.807, 2.05) is 55.1 Å². The fourth-order valence-corrected chi connectivity index (χ4v) is 7.80. The number of likely N-dealkylation sites (tertiary alicyclic amines) is 1. The molecule has 2 aromatic carbocycles. The molecule has 1 spiro atoms. The van der Waals surface area contributed by atoms with Crippen LogP contribution in [0.4, 0.5) is 11.5 Å². The molecule has 2 fully saturated rings. The molecule has 3 aliphatic heterocycles. The van der Waals surface area contributed by atoms with Crippen molar-refractivity contribution in [3.63, 3.8) is 0 Å². The second-order valence-electron chi connectivity index (χ2n) is 12.9. The van der Waals surface area contributed by atoms with E-state index >= 15 is 0 Å². The highest BCUT2D eigenvalue weighted by Crippen LogP contribution is 2.43. The van der Waals surface area contributed by atoms with E-state index in [4.69, 9.17) is 4.99 Å². The van der Waals surface area contributed by atoms with Crippen molar-refractivity contribution < 1.29 is 4.21 Å². The van der Waals surface area contributed by atoms with Crippen LogP contribution in [-0.4, -0.2) is 51.9 Å². The minimum atomic E-state index is -1.11. The number of aromatic nitrogens is 1. The highest BCUT2D eigenvalue weighted by molar-refractivity contribution is 7.84. The quantitative estimate of drug-likeness (QED) is 0.381. The Morgan fingerprint density at radius 1 is 1.07 bits per heavy atom. The van der Waals surface area contributed by atoms with Crippen molar-refractivity contribution in [2.75, 3.05) is 42.7 Å². The summed E-state index contributed by atoms with van der Waals surface area (Å²) in [5.74, 6) is 2.57. The highest BCUT2D eigenvalue weighted by atomic mass is 32.2. The van der Waals surface area contributed by atoms with Crippen molar-refractivity contribution in [1.29, 1.82) is 0 Å². The predicted octanol–water partition coefficient (Wildman–Crippen LogP) is 6.17. The number of benzene rings is 2. The number of rotatable bonds is 5. The first kappa shape index (κ1) is 29.4. The van der Waals surface area contributed by atoms with Crippen LogP contribution in [0.25, 0.3) is 10.8 Å². The Morgan fingerprint density at radius 3 is 2.58 bits per heavy atom. The maximum atomic E-state index is 13.8. The molecule has 3 aromatic rings. The van der Waals surface area contributed by atoms with Crippen LogP contribution < -0.4 is 15.8 Å². The topological polar surface area (TPSA) is 69.9 Å². The summed E-state index contributed by atoms with van der Waals surface area (Å²) in [6.07, 6.45) is 10.2. The van der Waals surface area contributed by atoms with Crippen molar-refractivity contribution in [2.24, 2.45) is 23.4 Å². The van der Waals surface area contributed by atoms with Gasteiger partial charge in [0.25, 0.3) is 5.56 Å². The first-order chi connectivity index (χ1) is 20.5. The van der Waals surface area contributed by atoms with E-state index in [1.54, 1.807) is 6.26 Å². The Kier molecular flexibility index (Phi) is 7.84. The number of nitrogens with zero attached hydrogens (tertiary/aromatic N) is 4. The maximum absolute atomic E-state index is 13.8. The van der Waals surface area contributed by atoms with Gasteiger partial charge in [0.1, 0.15) is 11.7 Å². The van der Waals surface area contributed by atoms with E-state index in [0.717, 1.165) is 77.3 Å². The fourth-order valence-electron chi connectivity index (χ4n) is 7.09. The summed E-state index contributed by atoms with van der Waals surface area (Å²) in [4.78, 5) is 24.3. The van der Waals surface area contributed by atoms with Crippen molar-refractivity contribution in [2.45, 2.75) is 51.5 Å². The van der Waals surface area contributed by atoms with Gasteiger partial charge in [-0.1, -0.05) is 37.3 Å². The van der Waals surface area contributed by atoms with Gasteiger partial charge in [-0.05, 0) is 80.0 Å². The minimum absolute atomic E-state index is 0.0313. The van der Waals surface area contributed by atoms with E-state index in [-0.39, 0.29) is 17.0 Å². The maximum Gasteiger partial charge on any atom is 0.259 e. The van der Waals surface area contributed by atoms with Gasteiger partial charge in [-0.2, -0.15) is 0 Å². The molecule has 0 radical (unpaired) electrons. The van der Waals surface area contributed by atoms with E-state index in [0.29, 0.717) is 5.92 Å². The van der Waals surface area contributed by atoms with Crippen molar-refractivity contribution >= 4 is 38.9 Å². The number of nitrogens with one attached hydrogen (secondary N) is 1. The molecule has 2 unspecified atom stereocenters. The molecule has 6 rings (SSSR count). The zero-order chi connectivity index (χ0) is 30.5. The summed E-state index contributed by atoms with van der Waals surface area (Å²) in [6, 6.07) is 14.0. The third-order valence-corrected chi connectivity index (χ3v) is 10.4. The summed E-state index contributed by atoms with van der Waals surface area (Å²) in [7, 11) is 0.793. The molecular formula is C35H43N5O2S. The predicted molar refractivity (Wildman–Crippen MR) is 180 cm³/mol. The van der Waals surface area contributed by atoms with Crippen LogP contribution in [0.2, 0.25) is 0 Å². The molecule has 1 aromatic heterocycles. The minimum Gasteiger partial charge on any atom is -0.378 e. The lowest BCUT2D eigenvalue weighted by molar-refractivity contribution is 0.0769. The monoisotopic (exact) mass is 597 g/mol. The molecule has 7 nitrogen and oxygen atoms in total. The Labute approximate surface area is 257 Å². The number of para-hydroxylation sites is 1. The Balaban J connectivity index is 1.28. The number of aliphatic imine (C=N–C) groups is 1. The molecule has 0 aliphatic carbocycles. The molecular weight excluding hydrogens is 554 g/mol. The van der Waals surface area contributed by atoms with E-state index in [1.165, 1.54) is 11.4 Å². The van der Waals surface area contributed by atoms with Gasteiger partial charge >= 0.3 is 0 Å². The van der Waals surface area contributed by atoms with Crippen LogP contribution in [0.5, 0.6) is 0 Å². The van der Waals surface area contributed by atoms with Crippen LogP contribution in [0, 0.1) is 18.3 Å². The summed E-state index contributed by atoms with van der Waals surface area (Å²) in [6.45, 7) is 12.4. The SMILES string of the molecule is CC1=C/N=C(N2CC3(CCN(c4cc5c([C@@H](C)Nc6ccccc6S(C)=O)cc(C)cc5c(=O)n4C)C3)C2)C(C)C\C=C\1. The number of amidine groups is 1. The molecule has 1 N–H and O–H groups in total. The van der Waals surface area contributed by atoms with Crippen molar-refractivity contribution in [3.05, 3.63) is 87.9 Å². The van der Waals surface area contributed by atoms with Crippen LogP contribution in [0.1, 0.15) is 50.8 Å². The van der Waals surface area contributed by atoms with Crippen molar-refractivity contribution in [3.8, 4) is 0 Å². The largest absolute Gasteiger partial charge is 0.378 e. The molecule has 3 atom stereocenters. The molecule has 226 valence electrons. The van der Waals surface area contributed by atoms with Gasteiger partial charge in [0.15, 0.2) is 0 Å². The fraction of sp³-hybridized carbons (Fsp3) is 0.429. The lowest BCUT2D eigenvalue weighted by atomic mass is 9.78. The lowest BCUT2D eigenvalue weighted by Gasteiger charge is -2.50. The number of fused-ring (bicyclic) bond motifs is 1. The molecule has 8 heteroatoms. The standard InChI is InChI=1S/C35H43N5O2S/c1-23-10-9-11-25(3)33(36-19-23)40-21-35(22-40)14-15-39(20-35)32-18-28-27(16-24(2)17-29(28)34(41)38(32)5)26(4)37-30-12-7-8-13-31(30)43(6)42/h7-10,12-13,16-19,25-26,37H,11,14-15,20-22H2,1-6H3/b10-9+,23-19-,36-33?/t25?,26-,43?/m1/s1. The number of anilines is 2. The molecule has 0 amide bonds. The Hall–Kier alpha value is -3.65. The number of allylic oxidation sites excluding steroid dienone is 3. The van der Waals surface area contributed by atoms with Gasteiger partial charge in [-0.15, -0.1) is 0 Å². The van der Waals surface area contributed by atoms with Crippen LogP contribution in [0.15, 0.2) is 81.1 Å². The molecule has 43 heavy (non-hydrogen) atoms. The van der Waals surface area contributed by atoms with E-state index < -0.39 is 10.8 Å². The zero-order valence-corrected chi connectivity index (χ0v) is 27.0. The summed E-state index contributed by atoms with van der Waals surface area (Å²) < 4.78 is 14.2. The molecule has 3 aliphatic rings. The van der Waals surface area contributed by atoms with Gasteiger partial charge < -0.3 is 15.1 Å². The Bertz CT molecular complexity index is 1750. The molecule has 2 saturated heterocycles. The zero-order valence-electron chi connectivity index (χ0n) is 26.2. The summed E-state index contributed by atoms with van der Waals surface area (Å²) >= 11 is 0. The van der Waals surface area contributed by atoms with Gasteiger partial charge in [-0.25, -0.2) is 4.99 Å². The van der Waals surface area contributed by atoms with E-state index in [9.17, 15) is 9.00 Å². The normalized spacial score (nSPS) is 23.2. The van der Waals surface area contributed by atoms with Crippen molar-refractivity contribution in [1.82, 2.24) is 9.47 Å². The molecule has 0 saturated carbocycles. The number of hydrogen-bond acceptors (Lipinski definition) is 6. The van der Waals surface area contributed by atoms with Gasteiger partial charge in [0, 0.05) is 68.4 Å². The van der Waals surface area contributed by atoms with Crippen LogP contribution in [0.3, 0.4) is 0 Å². The third kappa shape index (κ3) is 5.57. The van der Waals surface area contributed by atoms with Gasteiger partial charge in [0.05, 0.1) is 21.4 Å². The van der Waals surface area contributed by atoms with Crippen LogP contribution in [-0.2, 0) is 17.8 Å². The summed E-state index contributed by atoms with van der Waals surface area (Å²) in [5.41, 5.74) is 4.42. The smallest absolute Gasteiger partial charge is 0.259 e. The second kappa shape index (κ2) is 11.5. The van der Waals surface area contributed by atoms with Crippen LogP contribution >= 0.6 is 0 Å². The first-order valence-corrected chi connectivity index (χ1v) is 16.9. The second-order valence-corrected chi connectivity index (χ2v) is 14.3. The summed E-state index contributed by atoms with van der Waals surface area (Å²) in [5, 5.41) is 5.30. The molecule has 0 bridgehead atoms. The number of aryl methyl sites for hydroxylation is 1. The number of pyridine rings is 1. The highest BCUT2D eigenvalue weighted by Gasteiger charge is 2.49. The molecule has 4 heterocycles. The Morgan fingerprint density at radius 2 is 1.81 bits per heavy atom. The van der Waals surface area contributed by atoms with E-state index in [2.05, 4.69) is 60.2 Å². The lowest BCUT2D eigenvalue weighted by Crippen LogP contribution is -2.60.